The van der Waals surface area contributed by atoms with Gasteiger partial charge in [-0.15, -0.1) is 0 Å². The normalized spacial score (nSPS) is 16.6. The van der Waals surface area contributed by atoms with Crippen LogP contribution in [0.2, 0.25) is 0 Å². The van der Waals surface area contributed by atoms with Crippen LogP contribution < -0.4 is 5.32 Å². The molecule has 0 radical (unpaired) electrons. The highest BCUT2D eigenvalue weighted by Gasteiger charge is 2.42. The van der Waals surface area contributed by atoms with Gasteiger partial charge in [0.05, 0.1) is 17.3 Å². The van der Waals surface area contributed by atoms with Crippen molar-refractivity contribution in [1.82, 2.24) is 4.31 Å². The lowest BCUT2D eigenvalue weighted by Crippen LogP contribution is -2.57. The predicted octanol–water partition coefficient (Wildman–Crippen LogP) is 0.673. The molecule has 2 rings (SSSR count). The van der Waals surface area contributed by atoms with E-state index in [-0.39, 0.29) is 23.7 Å². The number of benzene rings is 1. The van der Waals surface area contributed by atoms with E-state index in [4.69, 9.17) is 0 Å². The Labute approximate surface area is 135 Å². The summed E-state index contributed by atoms with van der Waals surface area (Å²) in [5.41, 5.74) is 0.394. The van der Waals surface area contributed by atoms with Crippen LogP contribution >= 0.6 is 0 Å². The summed E-state index contributed by atoms with van der Waals surface area (Å²) in [7, 11) is -5.74. The maximum atomic E-state index is 12.4. The molecule has 1 N–H and O–H groups in total. The summed E-state index contributed by atoms with van der Waals surface area (Å²) in [4.78, 5) is 11.1. The zero-order valence-corrected chi connectivity index (χ0v) is 14.4. The maximum absolute atomic E-state index is 12.4. The molecule has 128 valence electrons. The van der Waals surface area contributed by atoms with Gasteiger partial charge >= 0.3 is 6.09 Å². The van der Waals surface area contributed by atoms with Gasteiger partial charge < -0.3 is 4.74 Å². The number of ether oxygens (including phenoxy) is 1. The highest BCUT2D eigenvalue weighted by Crippen LogP contribution is 2.26. The van der Waals surface area contributed by atoms with Crippen LogP contribution in [0.15, 0.2) is 29.2 Å². The second kappa shape index (κ2) is 6.46. The molecule has 23 heavy (non-hydrogen) atoms. The van der Waals surface area contributed by atoms with E-state index in [1.54, 1.807) is 6.92 Å². The molecule has 1 aliphatic rings. The number of rotatable bonds is 5. The van der Waals surface area contributed by atoms with Crippen LogP contribution in [0.1, 0.15) is 6.92 Å². The molecule has 0 spiro atoms. The van der Waals surface area contributed by atoms with E-state index in [2.05, 4.69) is 10.1 Å². The van der Waals surface area contributed by atoms with Gasteiger partial charge in [0.1, 0.15) is 0 Å². The second-order valence-electron chi connectivity index (χ2n) is 5.04. The zero-order chi connectivity index (χ0) is 17.3. The molecule has 1 aromatic rings. The highest BCUT2D eigenvalue weighted by molar-refractivity contribution is 7.92. The third kappa shape index (κ3) is 3.65. The first kappa shape index (κ1) is 17.7. The molecule has 0 unspecified atom stereocenters. The van der Waals surface area contributed by atoms with Crippen LogP contribution in [0.3, 0.4) is 0 Å². The van der Waals surface area contributed by atoms with Gasteiger partial charge in [-0.2, -0.15) is 4.31 Å². The van der Waals surface area contributed by atoms with E-state index in [1.807, 2.05) is 0 Å². The summed E-state index contributed by atoms with van der Waals surface area (Å²) in [6.45, 7) is 1.49. The molecule has 0 aromatic heterocycles. The van der Waals surface area contributed by atoms with Gasteiger partial charge in [0.25, 0.3) is 0 Å². The molecule has 0 bridgehead atoms. The van der Waals surface area contributed by atoms with Crippen molar-refractivity contribution in [2.24, 2.45) is 0 Å². The van der Waals surface area contributed by atoms with Gasteiger partial charge in [0.2, 0.25) is 10.0 Å². The number of methoxy groups -OCH3 is 1. The van der Waals surface area contributed by atoms with Crippen molar-refractivity contribution >= 4 is 31.6 Å². The molecule has 0 saturated carbocycles. The Kier molecular flexibility index (Phi) is 4.97. The van der Waals surface area contributed by atoms with Crippen molar-refractivity contribution in [3.05, 3.63) is 24.3 Å². The van der Waals surface area contributed by atoms with E-state index in [9.17, 15) is 21.6 Å². The average molecular weight is 362 g/mol. The number of carbonyl (C=O) groups is 1. The molecule has 1 aromatic carbocycles. The molecule has 8 nitrogen and oxygen atoms in total. The molecule has 1 amide bonds. The molecular weight excluding hydrogens is 344 g/mol. The van der Waals surface area contributed by atoms with E-state index in [0.717, 1.165) is 4.31 Å². The minimum atomic E-state index is -3.73. The van der Waals surface area contributed by atoms with E-state index >= 15 is 0 Å². The summed E-state index contributed by atoms with van der Waals surface area (Å²) < 4.78 is 53.7. The molecule has 1 aliphatic heterocycles. The highest BCUT2D eigenvalue weighted by atomic mass is 32.2. The van der Waals surface area contributed by atoms with Crippen molar-refractivity contribution in [2.75, 3.05) is 31.3 Å². The van der Waals surface area contributed by atoms with Crippen molar-refractivity contribution in [3.63, 3.8) is 0 Å². The maximum Gasteiger partial charge on any atom is 0.411 e. The average Bonchev–Trinajstić information content (AvgIpc) is 2.45. The fraction of sp³-hybridized carbons (Fsp3) is 0.462. The Balaban J connectivity index is 2.08. The van der Waals surface area contributed by atoms with Gasteiger partial charge in [-0.25, -0.2) is 21.6 Å². The lowest BCUT2D eigenvalue weighted by molar-refractivity contribution is 0.187. The molecule has 1 heterocycles. The Morgan fingerprint density at radius 1 is 1.22 bits per heavy atom. The van der Waals surface area contributed by atoms with Crippen LogP contribution in [0.4, 0.5) is 10.5 Å². The van der Waals surface area contributed by atoms with Gasteiger partial charge in [-0.1, -0.05) is 6.92 Å². The van der Waals surface area contributed by atoms with Crippen LogP contribution in [0, 0.1) is 0 Å². The first-order valence-corrected chi connectivity index (χ1v) is 10.0. The Morgan fingerprint density at radius 3 is 2.26 bits per heavy atom. The van der Waals surface area contributed by atoms with E-state index in [1.165, 1.54) is 31.4 Å². The summed E-state index contributed by atoms with van der Waals surface area (Å²) in [5, 5.41) is 1.78. The first-order valence-electron chi connectivity index (χ1n) is 6.87. The van der Waals surface area contributed by atoms with Crippen LogP contribution in [-0.2, 0) is 24.6 Å². The smallest absolute Gasteiger partial charge is 0.411 e. The third-order valence-electron chi connectivity index (χ3n) is 3.65. The lowest BCUT2D eigenvalue weighted by atomic mass is 10.3. The molecule has 10 heteroatoms. The third-order valence-corrected chi connectivity index (χ3v) is 7.61. The summed E-state index contributed by atoms with van der Waals surface area (Å²) in [6, 6.07) is 5.57. The summed E-state index contributed by atoms with van der Waals surface area (Å²) >= 11 is 0. The quantitative estimate of drug-likeness (QED) is 0.824. The number of sulfone groups is 1. The Bertz CT molecular complexity index is 780. The largest absolute Gasteiger partial charge is 0.453 e. The molecule has 0 aliphatic carbocycles. The van der Waals surface area contributed by atoms with Crippen molar-refractivity contribution < 1.29 is 26.4 Å². The second-order valence-corrected chi connectivity index (χ2v) is 9.54. The topological polar surface area (TPSA) is 110 Å². The number of nitrogens with zero attached hydrogens (tertiary/aromatic N) is 1. The van der Waals surface area contributed by atoms with Gasteiger partial charge in [0.15, 0.2) is 9.84 Å². The first-order chi connectivity index (χ1) is 10.7. The number of carbonyl (C=O) groups excluding carboxylic acids is 1. The number of sulfonamides is 1. The van der Waals surface area contributed by atoms with Crippen LogP contribution in [0.5, 0.6) is 0 Å². The molecule has 1 saturated heterocycles. The zero-order valence-electron chi connectivity index (χ0n) is 12.7. The van der Waals surface area contributed by atoms with Gasteiger partial charge in [-0.05, 0) is 24.3 Å². The number of hydrogen-bond acceptors (Lipinski definition) is 6. The monoisotopic (exact) mass is 362 g/mol. The minimum absolute atomic E-state index is 0.000547. The van der Waals surface area contributed by atoms with Crippen molar-refractivity contribution in [3.8, 4) is 0 Å². The van der Waals surface area contributed by atoms with Crippen LogP contribution in [-0.4, -0.2) is 58.4 Å². The van der Waals surface area contributed by atoms with Crippen molar-refractivity contribution in [2.45, 2.75) is 17.1 Å². The fourth-order valence-electron chi connectivity index (χ4n) is 2.09. The minimum Gasteiger partial charge on any atom is -0.453 e. The SMILES string of the molecule is CCS(=O)(=O)C1CN(S(=O)(=O)c2ccc(NC(=O)OC)cc2)C1. The number of anilines is 1. The summed E-state index contributed by atoms with van der Waals surface area (Å²) in [5.74, 6) is -0.000547. The molecule has 1 fully saturated rings. The fourth-order valence-corrected chi connectivity index (χ4v) is 5.09. The Hall–Kier alpha value is -1.65. The molecule has 0 atom stereocenters. The van der Waals surface area contributed by atoms with E-state index < -0.39 is 31.2 Å². The molecular formula is C13H18N2O6S2. The number of amides is 1. The Morgan fingerprint density at radius 2 is 1.78 bits per heavy atom. The van der Waals surface area contributed by atoms with Crippen molar-refractivity contribution in [1.29, 1.82) is 0 Å². The number of nitrogens with one attached hydrogen (secondary N) is 1. The lowest BCUT2D eigenvalue weighted by Gasteiger charge is -2.37. The van der Waals surface area contributed by atoms with Gasteiger partial charge in [0, 0.05) is 24.5 Å². The van der Waals surface area contributed by atoms with Crippen LogP contribution in [0.25, 0.3) is 0 Å². The number of hydrogen-bond donors (Lipinski definition) is 1. The predicted molar refractivity (Wildman–Crippen MR) is 84.5 cm³/mol. The van der Waals surface area contributed by atoms with E-state index in [0.29, 0.717) is 5.69 Å². The van der Waals surface area contributed by atoms with Gasteiger partial charge in [-0.3, -0.25) is 5.32 Å². The summed E-state index contributed by atoms with van der Waals surface area (Å²) in [6.07, 6.45) is -0.657. The standard InChI is InChI=1S/C13H18N2O6S2/c1-3-22(17,18)12-8-15(9-12)23(19,20)11-6-4-10(5-7-11)14-13(16)21-2/h4-7,12H,3,8-9H2,1-2H3,(H,14,16).